The topological polar surface area (TPSA) is 49.6 Å². The first-order valence-corrected chi connectivity index (χ1v) is 5.37. The molecule has 1 unspecified atom stereocenters. The SMILES string of the molecule is CC(N)CCCCN1CCN(C)C1=O. The van der Waals surface area contributed by atoms with Gasteiger partial charge in [0, 0.05) is 32.7 Å². The molecule has 4 nitrogen and oxygen atoms in total. The zero-order valence-electron chi connectivity index (χ0n) is 9.20. The van der Waals surface area contributed by atoms with Crippen molar-refractivity contribution in [2.24, 2.45) is 5.73 Å². The number of unbranched alkanes of at least 4 members (excludes halogenated alkanes) is 1. The van der Waals surface area contributed by atoms with Crippen LogP contribution >= 0.6 is 0 Å². The molecule has 0 saturated carbocycles. The third kappa shape index (κ3) is 3.18. The van der Waals surface area contributed by atoms with Crippen LogP contribution in [0.1, 0.15) is 26.2 Å². The summed E-state index contributed by atoms with van der Waals surface area (Å²) in [6, 6.07) is 0.456. The number of rotatable bonds is 5. The first-order valence-electron chi connectivity index (χ1n) is 5.37. The van der Waals surface area contributed by atoms with Crippen molar-refractivity contribution in [3.63, 3.8) is 0 Å². The van der Waals surface area contributed by atoms with E-state index in [0.29, 0.717) is 0 Å². The van der Waals surface area contributed by atoms with Crippen molar-refractivity contribution in [2.75, 3.05) is 26.7 Å². The summed E-state index contributed by atoms with van der Waals surface area (Å²) in [5.41, 5.74) is 5.65. The van der Waals surface area contributed by atoms with Crippen LogP contribution in [0, 0.1) is 0 Å². The Morgan fingerprint density at radius 3 is 2.64 bits per heavy atom. The highest BCUT2D eigenvalue weighted by Gasteiger charge is 2.24. The molecule has 1 heterocycles. The molecule has 4 heteroatoms. The van der Waals surface area contributed by atoms with Crippen LogP contribution in [0.5, 0.6) is 0 Å². The molecular formula is C10H21N3O. The van der Waals surface area contributed by atoms with Crippen LogP contribution in [0.4, 0.5) is 4.79 Å². The zero-order valence-corrected chi connectivity index (χ0v) is 9.20. The van der Waals surface area contributed by atoms with Crippen molar-refractivity contribution in [2.45, 2.75) is 32.2 Å². The zero-order chi connectivity index (χ0) is 10.6. The van der Waals surface area contributed by atoms with E-state index in [1.54, 1.807) is 4.90 Å². The summed E-state index contributed by atoms with van der Waals surface area (Å²) in [6.07, 6.45) is 3.24. The number of amides is 2. The average Bonchev–Trinajstić information content (AvgIpc) is 2.43. The highest BCUT2D eigenvalue weighted by atomic mass is 16.2. The summed E-state index contributed by atoms with van der Waals surface area (Å²) in [4.78, 5) is 15.1. The summed E-state index contributed by atoms with van der Waals surface area (Å²) in [5, 5.41) is 0. The van der Waals surface area contributed by atoms with Gasteiger partial charge in [-0.1, -0.05) is 6.42 Å². The van der Waals surface area contributed by atoms with Crippen molar-refractivity contribution in [3.8, 4) is 0 Å². The normalized spacial score (nSPS) is 19.2. The van der Waals surface area contributed by atoms with Gasteiger partial charge in [0.2, 0.25) is 0 Å². The predicted octanol–water partition coefficient (Wildman–Crippen LogP) is 0.871. The number of likely N-dealkylation sites (N-methyl/N-ethyl adjacent to an activating group) is 1. The average molecular weight is 199 g/mol. The number of hydrogen-bond donors (Lipinski definition) is 1. The van der Waals surface area contributed by atoms with E-state index < -0.39 is 0 Å². The molecule has 1 fully saturated rings. The van der Waals surface area contributed by atoms with Gasteiger partial charge < -0.3 is 15.5 Å². The first-order chi connectivity index (χ1) is 6.61. The maximum absolute atomic E-state index is 11.5. The van der Waals surface area contributed by atoms with E-state index in [1.807, 2.05) is 18.9 Å². The number of carbonyl (C=O) groups excluding carboxylic acids is 1. The van der Waals surface area contributed by atoms with E-state index in [1.165, 1.54) is 0 Å². The molecule has 0 aliphatic carbocycles. The fourth-order valence-corrected chi connectivity index (χ4v) is 1.68. The van der Waals surface area contributed by atoms with Crippen molar-refractivity contribution in [3.05, 3.63) is 0 Å². The van der Waals surface area contributed by atoms with E-state index in [-0.39, 0.29) is 12.1 Å². The maximum atomic E-state index is 11.5. The molecule has 82 valence electrons. The number of hydrogen-bond acceptors (Lipinski definition) is 2. The summed E-state index contributed by atoms with van der Waals surface area (Å²) >= 11 is 0. The third-order valence-corrected chi connectivity index (χ3v) is 2.64. The summed E-state index contributed by atoms with van der Waals surface area (Å²) < 4.78 is 0. The molecule has 0 radical (unpaired) electrons. The van der Waals surface area contributed by atoms with E-state index in [9.17, 15) is 4.79 Å². The van der Waals surface area contributed by atoms with Gasteiger partial charge in [-0.25, -0.2) is 4.79 Å². The molecule has 0 aromatic carbocycles. The van der Waals surface area contributed by atoms with E-state index >= 15 is 0 Å². The minimum absolute atomic E-state index is 0.172. The lowest BCUT2D eigenvalue weighted by atomic mass is 10.1. The van der Waals surface area contributed by atoms with E-state index in [4.69, 9.17) is 5.73 Å². The molecule has 1 atom stereocenters. The molecule has 1 rings (SSSR count). The van der Waals surface area contributed by atoms with Crippen LogP contribution in [0.25, 0.3) is 0 Å². The smallest absolute Gasteiger partial charge is 0.319 e. The molecule has 1 aliphatic heterocycles. The van der Waals surface area contributed by atoms with Gasteiger partial charge in [0.05, 0.1) is 0 Å². The van der Waals surface area contributed by atoms with Crippen molar-refractivity contribution in [1.82, 2.24) is 9.80 Å². The molecule has 2 amide bonds. The molecule has 14 heavy (non-hydrogen) atoms. The van der Waals surface area contributed by atoms with Crippen LogP contribution in [0.2, 0.25) is 0 Å². The quantitative estimate of drug-likeness (QED) is 0.668. The van der Waals surface area contributed by atoms with Crippen LogP contribution in [0.3, 0.4) is 0 Å². The Kier molecular flexibility index (Phi) is 4.20. The van der Waals surface area contributed by atoms with Gasteiger partial charge in [0.15, 0.2) is 0 Å². The lowest BCUT2D eigenvalue weighted by molar-refractivity contribution is 0.197. The van der Waals surface area contributed by atoms with Gasteiger partial charge in [0.25, 0.3) is 0 Å². The van der Waals surface area contributed by atoms with Crippen LogP contribution in [0.15, 0.2) is 0 Å². The maximum Gasteiger partial charge on any atom is 0.319 e. The lowest BCUT2D eigenvalue weighted by Gasteiger charge is -2.15. The fraction of sp³-hybridized carbons (Fsp3) is 0.900. The number of nitrogens with two attached hydrogens (primary N) is 1. The van der Waals surface area contributed by atoms with Crippen molar-refractivity contribution >= 4 is 6.03 Å². The predicted molar refractivity (Wildman–Crippen MR) is 57.1 cm³/mol. The number of nitrogens with zero attached hydrogens (tertiary/aromatic N) is 2. The Hall–Kier alpha value is -0.770. The van der Waals surface area contributed by atoms with Crippen LogP contribution in [-0.4, -0.2) is 48.6 Å². The van der Waals surface area contributed by atoms with E-state index in [0.717, 1.165) is 38.9 Å². The van der Waals surface area contributed by atoms with Gasteiger partial charge in [0.1, 0.15) is 0 Å². The molecule has 1 aliphatic rings. The monoisotopic (exact) mass is 199 g/mol. The standard InChI is InChI=1S/C10H21N3O/c1-9(11)5-3-4-6-13-8-7-12(2)10(13)14/h9H,3-8,11H2,1-2H3. The molecule has 2 N–H and O–H groups in total. The fourth-order valence-electron chi connectivity index (χ4n) is 1.68. The number of urea groups is 1. The lowest BCUT2D eigenvalue weighted by Crippen LogP contribution is -2.30. The van der Waals surface area contributed by atoms with Gasteiger partial charge >= 0.3 is 6.03 Å². The van der Waals surface area contributed by atoms with Gasteiger partial charge in [-0.05, 0) is 19.8 Å². The highest BCUT2D eigenvalue weighted by Crippen LogP contribution is 2.08. The Morgan fingerprint density at radius 2 is 2.14 bits per heavy atom. The van der Waals surface area contributed by atoms with Gasteiger partial charge in [-0.2, -0.15) is 0 Å². The second-order valence-corrected chi connectivity index (χ2v) is 4.16. The molecule has 0 aromatic rings. The Bertz CT molecular complexity index is 194. The molecule has 0 bridgehead atoms. The molecule has 1 saturated heterocycles. The molecule has 0 aromatic heterocycles. The molecule has 0 spiro atoms. The Balaban J connectivity index is 2.10. The van der Waals surface area contributed by atoms with Gasteiger partial charge in [-0.15, -0.1) is 0 Å². The van der Waals surface area contributed by atoms with Crippen LogP contribution in [-0.2, 0) is 0 Å². The third-order valence-electron chi connectivity index (χ3n) is 2.64. The highest BCUT2D eigenvalue weighted by molar-refractivity contribution is 5.76. The Morgan fingerprint density at radius 1 is 1.43 bits per heavy atom. The largest absolute Gasteiger partial charge is 0.328 e. The van der Waals surface area contributed by atoms with Crippen molar-refractivity contribution < 1.29 is 4.79 Å². The second-order valence-electron chi connectivity index (χ2n) is 4.16. The molecular weight excluding hydrogens is 178 g/mol. The van der Waals surface area contributed by atoms with Crippen molar-refractivity contribution in [1.29, 1.82) is 0 Å². The van der Waals surface area contributed by atoms with Crippen LogP contribution < -0.4 is 5.73 Å². The Labute approximate surface area is 86.0 Å². The minimum atomic E-state index is 0.172. The summed E-state index contributed by atoms with van der Waals surface area (Å²) in [5.74, 6) is 0. The minimum Gasteiger partial charge on any atom is -0.328 e. The second kappa shape index (κ2) is 5.20. The summed E-state index contributed by atoms with van der Waals surface area (Å²) in [6.45, 7) is 4.66. The summed E-state index contributed by atoms with van der Waals surface area (Å²) in [7, 11) is 1.85. The van der Waals surface area contributed by atoms with Gasteiger partial charge in [-0.3, -0.25) is 0 Å². The van der Waals surface area contributed by atoms with E-state index in [2.05, 4.69) is 0 Å². The number of carbonyl (C=O) groups is 1. The first kappa shape index (κ1) is 11.3.